The monoisotopic (exact) mass is 197 g/mol. The van der Waals surface area contributed by atoms with Gasteiger partial charge in [0.05, 0.1) is 6.10 Å². The summed E-state index contributed by atoms with van der Waals surface area (Å²) in [7, 11) is 1.79. The van der Waals surface area contributed by atoms with E-state index in [9.17, 15) is 9.50 Å². The number of likely N-dealkylation sites (N-methyl/N-ethyl adjacent to an activating group) is 1. The zero-order chi connectivity index (χ0) is 10.6. The third-order valence-electron chi connectivity index (χ3n) is 2.20. The Morgan fingerprint density at radius 2 is 2.21 bits per heavy atom. The van der Waals surface area contributed by atoms with Crippen LogP contribution in [0.2, 0.25) is 0 Å². The van der Waals surface area contributed by atoms with Crippen LogP contribution in [0.3, 0.4) is 0 Å². The fourth-order valence-corrected chi connectivity index (χ4v) is 1.45. The highest BCUT2D eigenvalue weighted by Gasteiger charge is 2.06. The lowest BCUT2D eigenvalue weighted by atomic mass is 10.0. The number of aliphatic hydroxyl groups excluding tert-OH is 1. The van der Waals surface area contributed by atoms with Gasteiger partial charge in [-0.15, -0.1) is 0 Å². The zero-order valence-corrected chi connectivity index (χ0v) is 8.55. The summed E-state index contributed by atoms with van der Waals surface area (Å²) in [5.41, 5.74) is 1.88. The van der Waals surface area contributed by atoms with Gasteiger partial charge in [-0.3, -0.25) is 0 Å². The molecule has 0 radical (unpaired) electrons. The molecular formula is C11H16FNO. The van der Waals surface area contributed by atoms with E-state index in [0.29, 0.717) is 13.0 Å². The first-order valence-corrected chi connectivity index (χ1v) is 4.71. The summed E-state index contributed by atoms with van der Waals surface area (Å²) in [6.45, 7) is 2.40. The van der Waals surface area contributed by atoms with Crippen LogP contribution in [0.4, 0.5) is 4.39 Å². The second-order valence-electron chi connectivity index (χ2n) is 3.49. The lowest BCUT2D eigenvalue weighted by Crippen LogP contribution is -2.25. The second kappa shape index (κ2) is 5.08. The molecular weight excluding hydrogens is 181 g/mol. The molecule has 14 heavy (non-hydrogen) atoms. The summed E-state index contributed by atoms with van der Waals surface area (Å²) >= 11 is 0. The van der Waals surface area contributed by atoms with Crippen molar-refractivity contribution < 1.29 is 9.50 Å². The maximum absolute atomic E-state index is 12.8. The molecule has 1 atom stereocenters. The van der Waals surface area contributed by atoms with Crippen LogP contribution in [0.5, 0.6) is 0 Å². The molecule has 1 unspecified atom stereocenters. The van der Waals surface area contributed by atoms with E-state index in [0.717, 1.165) is 11.1 Å². The smallest absolute Gasteiger partial charge is 0.123 e. The van der Waals surface area contributed by atoms with Gasteiger partial charge in [-0.2, -0.15) is 0 Å². The topological polar surface area (TPSA) is 32.3 Å². The van der Waals surface area contributed by atoms with E-state index in [4.69, 9.17) is 0 Å². The lowest BCUT2D eigenvalue weighted by molar-refractivity contribution is 0.174. The molecule has 0 saturated carbocycles. The van der Waals surface area contributed by atoms with Crippen molar-refractivity contribution in [2.45, 2.75) is 19.4 Å². The van der Waals surface area contributed by atoms with Crippen LogP contribution in [-0.4, -0.2) is 24.8 Å². The fraction of sp³-hybridized carbons (Fsp3) is 0.455. The molecule has 0 aromatic heterocycles. The molecule has 1 rings (SSSR count). The molecule has 0 saturated heterocycles. The summed E-state index contributed by atoms with van der Waals surface area (Å²) in [6.07, 6.45) is 0.150. The normalized spacial score (nSPS) is 12.9. The van der Waals surface area contributed by atoms with E-state index in [1.54, 1.807) is 13.1 Å². The first-order chi connectivity index (χ1) is 6.63. The highest BCUT2D eigenvalue weighted by Crippen LogP contribution is 2.12. The maximum atomic E-state index is 12.8. The van der Waals surface area contributed by atoms with E-state index < -0.39 is 6.10 Å². The van der Waals surface area contributed by atoms with Crippen LogP contribution in [-0.2, 0) is 6.42 Å². The minimum atomic E-state index is -0.413. The summed E-state index contributed by atoms with van der Waals surface area (Å²) in [4.78, 5) is 0. The van der Waals surface area contributed by atoms with Gasteiger partial charge in [0.1, 0.15) is 5.82 Å². The van der Waals surface area contributed by atoms with E-state index in [1.165, 1.54) is 12.1 Å². The van der Waals surface area contributed by atoms with Crippen molar-refractivity contribution in [2.75, 3.05) is 13.6 Å². The molecule has 0 spiro atoms. The first kappa shape index (κ1) is 11.1. The molecule has 0 aliphatic rings. The van der Waals surface area contributed by atoms with Crippen LogP contribution < -0.4 is 5.32 Å². The Labute approximate surface area is 83.8 Å². The summed E-state index contributed by atoms with van der Waals surface area (Å²) in [6, 6.07) is 4.64. The van der Waals surface area contributed by atoms with Crippen molar-refractivity contribution in [3.05, 3.63) is 35.1 Å². The number of nitrogens with one attached hydrogen (secondary N) is 1. The third kappa shape index (κ3) is 3.09. The molecule has 0 heterocycles. The Bertz CT molecular complexity index is 301. The van der Waals surface area contributed by atoms with Gasteiger partial charge in [-0.25, -0.2) is 4.39 Å². The van der Waals surface area contributed by atoms with Crippen LogP contribution in [0.1, 0.15) is 11.1 Å². The van der Waals surface area contributed by atoms with Crippen molar-refractivity contribution >= 4 is 0 Å². The summed E-state index contributed by atoms with van der Waals surface area (Å²) in [5.74, 6) is -0.227. The molecule has 0 aliphatic heterocycles. The molecule has 0 fully saturated rings. The Morgan fingerprint density at radius 3 is 2.79 bits per heavy atom. The van der Waals surface area contributed by atoms with Gasteiger partial charge in [-0.1, -0.05) is 6.07 Å². The van der Waals surface area contributed by atoms with E-state index in [1.807, 2.05) is 6.92 Å². The minimum absolute atomic E-state index is 0.227. The zero-order valence-electron chi connectivity index (χ0n) is 8.55. The van der Waals surface area contributed by atoms with Gasteiger partial charge in [0.15, 0.2) is 0 Å². The van der Waals surface area contributed by atoms with E-state index in [2.05, 4.69) is 5.32 Å². The molecule has 1 aromatic carbocycles. The third-order valence-corrected chi connectivity index (χ3v) is 2.20. The Kier molecular flexibility index (Phi) is 4.04. The average Bonchev–Trinajstić information content (AvgIpc) is 2.10. The number of halogens is 1. The molecule has 0 amide bonds. The van der Waals surface area contributed by atoms with Gasteiger partial charge in [0.2, 0.25) is 0 Å². The minimum Gasteiger partial charge on any atom is -0.391 e. The molecule has 0 aliphatic carbocycles. The van der Waals surface area contributed by atoms with Gasteiger partial charge in [0.25, 0.3) is 0 Å². The molecule has 2 nitrogen and oxygen atoms in total. The van der Waals surface area contributed by atoms with Crippen molar-refractivity contribution in [3.63, 3.8) is 0 Å². The summed E-state index contributed by atoms with van der Waals surface area (Å²) in [5, 5.41) is 12.4. The number of rotatable bonds is 4. The predicted octanol–water partition coefficient (Wildman–Crippen LogP) is 1.26. The predicted molar refractivity (Wildman–Crippen MR) is 54.8 cm³/mol. The van der Waals surface area contributed by atoms with Gasteiger partial charge in [-0.05, 0) is 43.7 Å². The number of aliphatic hydroxyl groups is 1. The molecule has 0 bridgehead atoms. The van der Waals surface area contributed by atoms with Crippen molar-refractivity contribution in [1.82, 2.24) is 5.32 Å². The van der Waals surface area contributed by atoms with E-state index in [-0.39, 0.29) is 5.82 Å². The first-order valence-electron chi connectivity index (χ1n) is 4.71. The molecule has 2 N–H and O–H groups in total. The number of hydrogen-bond donors (Lipinski definition) is 2. The highest BCUT2D eigenvalue weighted by atomic mass is 19.1. The quantitative estimate of drug-likeness (QED) is 0.761. The van der Waals surface area contributed by atoms with Gasteiger partial charge < -0.3 is 10.4 Å². The van der Waals surface area contributed by atoms with Crippen LogP contribution in [0.25, 0.3) is 0 Å². The number of benzene rings is 1. The maximum Gasteiger partial charge on any atom is 0.123 e. The summed E-state index contributed by atoms with van der Waals surface area (Å²) < 4.78 is 12.8. The SMILES string of the molecule is CNCC(O)Cc1ccc(F)cc1C. The van der Waals surface area contributed by atoms with Crippen LogP contribution in [0, 0.1) is 12.7 Å². The molecule has 3 heteroatoms. The fourth-order valence-electron chi connectivity index (χ4n) is 1.45. The Morgan fingerprint density at radius 1 is 1.50 bits per heavy atom. The van der Waals surface area contributed by atoms with Crippen molar-refractivity contribution in [3.8, 4) is 0 Å². The van der Waals surface area contributed by atoms with Crippen molar-refractivity contribution in [2.24, 2.45) is 0 Å². The average molecular weight is 197 g/mol. The van der Waals surface area contributed by atoms with Crippen LogP contribution in [0.15, 0.2) is 18.2 Å². The Hall–Kier alpha value is -0.930. The molecule has 78 valence electrons. The van der Waals surface area contributed by atoms with Crippen LogP contribution >= 0.6 is 0 Å². The van der Waals surface area contributed by atoms with Crippen molar-refractivity contribution in [1.29, 1.82) is 0 Å². The lowest BCUT2D eigenvalue weighted by Gasteiger charge is -2.11. The van der Waals surface area contributed by atoms with E-state index >= 15 is 0 Å². The standard InChI is InChI=1S/C11H16FNO/c1-8-5-10(12)4-3-9(8)6-11(14)7-13-2/h3-5,11,13-14H,6-7H2,1-2H3. The highest BCUT2D eigenvalue weighted by molar-refractivity contribution is 5.27. The second-order valence-corrected chi connectivity index (χ2v) is 3.49. The Balaban J connectivity index is 2.67. The number of aryl methyl sites for hydroxylation is 1. The van der Waals surface area contributed by atoms with Gasteiger partial charge in [0, 0.05) is 6.54 Å². The van der Waals surface area contributed by atoms with Gasteiger partial charge >= 0.3 is 0 Å². The largest absolute Gasteiger partial charge is 0.391 e. The number of hydrogen-bond acceptors (Lipinski definition) is 2. The molecule has 1 aromatic rings.